The van der Waals surface area contributed by atoms with Crippen LogP contribution < -0.4 is 20.2 Å². The molecule has 0 aromatic heterocycles. The van der Waals surface area contributed by atoms with Crippen molar-refractivity contribution in [3.05, 3.63) is 84.2 Å². The summed E-state index contributed by atoms with van der Waals surface area (Å²) in [5.41, 5.74) is 6.36. The van der Waals surface area contributed by atoms with E-state index < -0.39 is 11.8 Å². The van der Waals surface area contributed by atoms with Gasteiger partial charge in [0.2, 0.25) is 0 Å². The van der Waals surface area contributed by atoms with Crippen LogP contribution in [0.2, 0.25) is 0 Å². The van der Waals surface area contributed by atoms with E-state index in [1.54, 1.807) is 31.4 Å². The number of amides is 2. The van der Waals surface area contributed by atoms with Gasteiger partial charge in [-0.15, -0.1) is 0 Å². The van der Waals surface area contributed by atoms with E-state index in [4.69, 9.17) is 9.47 Å². The summed E-state index contributed by atoms with van der Waals surface area (Å²) >= 11 is 10.4. The average Bonchev–Trinajstić information content (AvgIpc) is 2.80. The van der Waals surface area contributed by atoms with Gasteiger partial charge in [0.25, 0.3) is 0 Å². The van der Waals surface area contributed by atoms with Crippen LogP contribution in [0.5, 0.6) is 11.5 Å². The molecule has 35 heavy (non-hydrogen) atoms. The van der Waals surface area contributed by atoms with Crippen LogP contribution in [0.4, 0.5) is 5.69 Å². The van der Waals surface area contributed by atoms with E-state index in [9.17, 15) is 9.59 Å². The Hall–Kier alpha value is -2.69. The van der Waals surface area contributed by atoms with E-state index in [-0.39, 0.29) is 6.61 Å². The summed E-state index contributed by atoms with van der Waals surface area (Å²) in [7, 11) is 1.58. The number of nitrogens with one attached hydrogen (secondary N) is 2. The second-order valence-electron chi connectivity index (χ2n) is 7.51. The molecule has 0 saturated carbocycles. The number of hydrogen-bond donors (Lipinski definition) is 2. The Kier molecular flexibility index (Phi) is 9.47. The zero-order chi connectivity index (χ0) is 25.5. The number of nitrogens with zero attached hydrogens (tertiary/aromatic N) is 1. The molecule has 7 nitrogen and oxygen atoms in total. The van der Waals surface area contributed by atoms with Crippen molar-refractivity contribution in [3.8, 4) is 11.5 Å². The number of hydrogen-bond acceptors (Lipinski definition) is 5. The number of ether oxygens (including phenoxy) is 2. The first kappa shape index (κ1) is 26.9. The molecule has 3 aromatic rings. The third kappa shape index (κ3) is 7.39. The molecule has 0 spiro atoms. The number of hydrazone groups is 1. The zero-order valence-corrected chi connectivity index (χ0v) is 23.9. The molecule has 0 heterocycles. The highest BCUT2D eigenvalue weighted by molar-refractivity contribution is 9.11. The van der Waals surface area contributed by atoms with Gasteiger partial charge < -0.3 is 14.8 Å². The third-order valence-electron chi connectivity index (χ3n) is 4.99. The summed E-state index contributed by atoms with van der Waals surface area (Å²) in [6.07, 6.45) is 1.44. The smallest absolute Gasteiger partial charge is 0.329 e. The molecular formula is C25H22Br3N3O4. The maximum atomic E-state index is 12.1. The van der Waals surface area contributed by atoms with E-state index >= 15 is 0 Å². The fraction of sp³-hybridized carbons (Fsp3) is 0.160. The van der Waals surface area contributed by atoms with Crippen molar-refractivity contribution in [1.82, 2.24) is 5.43 Å². The molecule has 3 aromatic carbocycles. The van der Waals surface area contributed by atoms with E-state index in [1.165, 1.54) is 6.21 Å². The first-order chi connectivity index (χ1) is 16.7. The van der Waals surface area contributed by atoms with Crippen molar-refractivity contribution in [1.29, 1.82) is 0 Å². The second-order valence-corrected chi connectivity index (χ2v) is 10.1. The number of benzene rings is 3. The Balaban J connectivity index is 1.64. The lowest BCUT2D eigenvalue weighted by molar-refractivity contribution is -0.136. The van der Waals surface area contributed by atoms with Gasteiger partial charge in [0.05, 0.1) is 22.3 Å². The van der Waals surface area contributed by atoms with Crippen LogP contribution in [0.3, 0.4) is 0 Å². The fourth-order valence-electron chi connectivity index (χ4n) is 3.03. The predicted molar refractivity (Wildman–Crippen MR) is 147 cm³/mol. The van der Waals surface area contributed by atoms with Crippen molar-refractivity contribution in [2.45, 2.75) is 20.5 Å². The lowest BCUT2D eigenvalue weighted by Gasteiger charge is -2.13. The van der Waals surface area contributed by atoms with E-state index in [0.29, 0.717) is 22.7 Å². The Morgan fingerprint density at radius 3 is 2.31 bits per heavy atom. The van der Waals surface area contributed by atoms with Crippen LogP contribution in [-0.4, -0.2) is 25.1 Å². The highest BCUT2D eigenvalue weighted by Crippen LogP contribution is 2.37. The molecular weight excluding hydrogens is 646 g/mol. The Labute approximate surface area is 228 Å². The van der Waals surface area contributed by atoms with Crippen molar-refractivity contribution in [2.24, 2.45) is 5.10 Å². The van der Waals surface area contributed by atoms with Gasteiger partial charge >= 0.3 is 11.8 Å². The van der Waals surface area contributed by atoms with Crippen molar-refractivity contribution in [3.63, 3.8) is 0 Å². The molecule has 3 rings (SSSR count). The van der Waals surface area contributed by atoms with Crippen LogP contribution in [0.25, 0.3) is 0 Å². The Morgan fingerprint density at radius 2 is 1.66 bits per heavy atom. The van der Waals surface area contributed by atoms with Gasteiger partial charge in [-0.1, -0.05) is 22.0 Å². The van der Waals surface area contributed by atoms with Gasteiger partial charge in [-0.2, -0.15) is 5.10 Å². The Morgan fingerprint density at radius 1 is 0.943 bits per heavy atom. The summed E-state index contributed by atoms with van der Waals surface area (Å²) in [5, 5.41) is 6.46. The molecule has 0 aliphatic heterocycles. The van der Waals surface area contributed by atoms with E-state index in [1.807, 2.05) is 38.1 Å². The van der Waals surface area contributed by atoms with Gasteiger partial charge in [-0.25, -0.2) is 5.43 Å². The summed E-state index contributed by atoms with van der Waals surface area (Å²) in [6.45, 7) is 4.13. The minimum atomic E-state index is -0.874. The molecule has 0 fully saturated rings. The van der Waals surface area contributed by atoms with Crippen LogP contribution in [0.15, 0.2) is 67.1 Å². The molecule has 0 aliphatic carbocycles. The molecule has 0 saturated heterocycles. The number of carbonyl (C=O) groups is 2. The Bertz CT molecular complexity index is 1270. The molecule has 0 radical (unpaired) electrons. The SMILES string of the molecule is COc1ccc(/C=N/NC(=O)C(=O)Nc2ccc(C)c(C)c2)cc1COc1c(Br)cc(Br)cc1Br. The summed E-state index contributed by atoms with van der Waals surface area (Å²) in [4.78, 5) is 24.3. The number of anilines is 1. The molecule has 2 N–H and O–H groups in total. The third-order valence-corrected chi connectivity index (χ3v) is 6.63. The topological polar surface area (TPSA) is 89.0 Å². The monoisotopic (exact) mass is 665 g/mol. The van der Waals surface area contributed by atoms with Crippen molar-refractivity contribution in [2.75, 3.05) is 12.4 Å². The van der Waals surface area contributed by atoms with Gasteiger partial charge in [-0.3, -0.25) is 9.59 Å². The quantitative estimate of drug-likeness (QED) is 0.177. The van der Waals surface area contributed by atoms with Crippen LogP contribution in [0.1, 0.15) is 22.3 Å². The van der Waals surface area contributed by atoms with Crippen LogP contribution in [-0.2, 0) is 16.2 Å². The summed E-state index contributed by atoms with van der Waals surface area (Å²) in [6, 6.07) is 14.6. The number of rotatable bonds is 7. The molecule has 10 heteroatoms. The maximum absolute atomic E-state index is 12.1. The minimum Gasteiger partial charge on any atom is -0.496 e. The molecule has 0 aliphatic rings. The predicted octanol–water partition coefficient (Wildman–Crippen LogP) is 6.27. The number of methoxy groups -OCH3 is 1. The molecule has 0 unspecified atom stereocenters. The lowest BCUT2D eigenvalue weighted by atomic mass is 10.1. The summed E-state index contributed by atoms with van der Waals surface area (Å²) < 4.78 is 13.9. The minimum absolute atomic E-state index is 0.231. The number of aryl methyl sites for hydroxylation is 2. The number of halogens is 3. The number of carbonyl (C=O) groups excluding carboxylic acids is 2. The highest BCUT2D eigenvalue weighted by Gasteiger charge is 2.14. The standard InChI is InChI=1S/C25H22Br3N3O4/c1-14-4-6-19(8-15(14)2)30-24(32)25(33)31-29-12-16-5-7-22(34-3)17(9-16)13-35-23-20(27)10-18(26)11-21(23)28/h4-12H,13H2,1-3H3,(H,30,32)(H,31,33)/b29-12+. The van der Waals surface area contributed by atoms with Crippen LogP contribution in [0, 0.1) is 13.8 Å². The van der Waals surface area contributed by atoms with Crippen molar-refractivity contribution < 1.29 is 19.1 Å². The van der Waals surface area contributed by atoms with Crippen LogP contribution >= 0.6 is 47.8 Å². The first-order valence-corrected chi connectivity index (χ1v) is 12.7. The van der Waals surface area contributed by atoms with Gasteiger partial charge in [0, 0.05) is 15.7 Å². The average molecular weight is 668 g/mol. The first-order valence-electron chi connectivity index (χ1n) is 10.3. The van der Waals surface area contributed by atoms with E-state index in [2.05, 4.69) is 63.6 Å². The van der Waals surface area contributed by atoms with Gasteiger partial charge in [0.15, 0.2) is 0 Å². The van der Waals surface area contributed by atoms with Crippen molar-refractivity contribution >= 4 is 71.5 Å². The van der Waals surface area contributed by atoms with E-state index in [0.717, 1.165) is 30.1 Å². The highest BCUT2D eigenvalue weighted by atomic mass is 79.9. The molecule has 0 atom stereocenters. The van der Waals surface area contributed by atoms with Gasteiger partial charge in [0.1, 0.15) is 18.1 Å². The molecule has 0 bridgehead atoms. The molecule has 2 amide bonds. The largest absolute Gasteiger partial charge is 0.496 e. The maximum Gasteiger partial charge on any atom is 0.329 e. The zero-order valence-electron chi connectivity index (χ0n) is 19.1. The molecule has 182 valence electrons. The summed E-state index contributed by atoms with van der Waals surface area (Å²) in [5.74, 6) is -0.388. The van der Waals surface area contributed by atoms with Gasteiger partial charge in [-0.05, 0) is 105 Å². The second kappa shape index (κ2) is 12.3. The fourth-order valence-corrected chi connectivity index (χ4v) is 5.52. The normalized spacial score (nSPS) is 10.8. The lowest BCUT2D eigenvalue weighted by Crippen LogP contribution is -2.32.